The molecule has 0 radical (unpaired) electrons. The predicted octanol–water partition coefficient (Wildman–Crippen LogP) is 4.63. The number of aromatic nitrogens is 1. The van der Waals surface area contributed by atoms with Gasteiger partial charge >= 0.3 is 0 Å². The SMILES string of the molecule is O=C(CSc1nc2cc(Cl)ccc2s1)N1CCc2ccccc21. The van der Waals surface area contributed by atoms with Gasteiger partial charge in [0.1, 0.15) is 0 Å². The summed E-state index contributed by atoms with van der Waals surface area (Å²) in [4.78, 5) is 18.9. The molecule has 0 N–H and O–H groups in total. The van der Waals surface area contributed by atoms with Gasteiger partial charge in [-0.2, -0.15) is 0 Å². The van der Waals surface area contributed by atoms with Crippen LogP contribution in [0.3, 0.4) is 0 Å². The van der Waals surface area contributed by atoms with Crippen molar-refractivity contribution in [1.29, 1.82) is 0 Å². The van der Waals surface area contributed by atoms with Gasteiger partial charge in [-0.1, -0.05) is 41.6 Å². The van der Waals surface area contributed by atoms with E-state index in [2.05, 4.69) is 11.1 Å². The van der Waals surface area contributed by atoms with E-state index in [1.165, 1.54) is 17.3 Å². The van der Waals surface area contributed by atoms with Gasteiger partial charge in [0.15, 0.2) is 4.34 Å². The van der Waals surface area contributed by atoms with E-state index in [0.29, 0.717) is 10.8 Å². The largest absolute Gasteiger partial charge is 0.311 e. The lowest BCUT2D eigenvalue weighted by molar-refractivity contribution is -0.116. The second-order valence-corrected chi connectivity index (χ2v) is 7.99. The number of carbonyl (C=O) groups is 1. The summed E-state index contributed by atoms with van der Waals surface area (Å²) in [6.07, 6.45) is 0.937. The number of hydrogen-bond acceptors (Lipinski definition) is 4. The fourth-order valence-corrected chi connectivity index (χ4v) is 4.83. The van der Waals surface area contributed by atoms with Gasteiger partial charge in [-0.05, 0) is 36.2 Å². The first kappa shape index (κ1) is 15.0. The number of benzene rings is 2. The lowest BCUT2D eigenvalue weighted by Crippen LogP contribution is -2.30. The van der Waals surface area contributed by atoms with E-state index in [9.17, 15) is 4.79 Å². The van der Waals surface area contributed by atoms with E-state index in [1.807, 2.05) is 41.3 Å². The number of nitrogens with zero attached hydrogens (tertiary/aromatic N) is 2. The van der Waals surface area contributed by atoms with Crippen LogP contribution < -0.4 is 4.90 Å². The van der Waals surface area contributed by atoms with Gasteiger partial charge in [0.05, 0.1) is 16.0 Å². The molecule has 0 unspecified atom stereocenters. The highest BCUT2D eigenvalue weighted by Crippen LogP contribution is 2.32. The zero-order valence-electron chi connectivity index (χ0n) is 12.2. The first-order valence-electron chi connectivity index (χ1n) is 7.28. The summed E-state index contributed by atoms with van der Waals surface area (Å²) in [7, 11) is 0. The van der Waals surface area contributed by atoms with Gasteiger partial charge in [-0.25, -0.2) is 4.98 Å². The summed E-state index contributed by atoms with van der Waals surface area (Å²) >= 11 is 9.08. The average molecular weight is 361 g/mol. The third-order valence-electron chi connectivity index (χ3n) is 3.84. The van der Waals surface area contributed by atoms with Crippen LogP contribution in [0.2, 0.25) is 5.02 Å². The van der Waals surface area contributed by atoms with Crippen LogP contribution in [0.25, 0.3) is 10.2 Å². The summed E-state index contributed by atoms with van der Waals surface area (Å²) in [6, 6.07) is 13.8. The van der Waals surface area contributed by atoms with Crippen molar-refractivity contribution in [1.82, 2.24) is 4.98 Å². The van der Waals surface area contributed by atoms with Gasteiger partial charge in [-0.3, -0.25) is 4.79 Å². The molecule has 0 fully saturated rings. The monoisotopic (exact) mass is 360 g/mol. The maximum absolute atomic E-state index is 12.5. The Hall–Kier alpha value is -1.56. The van der Waals surface area contributed by atoms with E-state index < -0.39 is 0 Å². The standard InChI is InChI=1S/C17H13ClN2OS2/c18-12-5-6-15-13(9-12)19-17(23-15)22-10-16(21)20-8-7-11-3-1-2-4-14(11)20/h1-6,9H,7-8,10H2. The van der Waals surface area contributed by atoms with E-state index in [1.54, 1.807) is 11.3 Å². The molecule has 23 heavy (non-hydrogen) atoms. The molecule has 3 nitrogen and oxygen atoms in total. The molecular formula is C17H13ClN2OS2. The molecule has 0 bridgehead atoms. The molecule has 0 aliphatic carbocycles. The van der Waals surface area contributed by atoms with E-state index in [4.69, 9.17) is 11.6 Å². The Labute approximate surface area is 147 Å². The van der Waals surface area contributed by atoms with Crippen LogP contribution in [0.5, 0.6) is 0 Å². The van der Waals surface area contributed by atoms with Crippen molar-refractivity contribution in [3.05, 3.63) is 53.1 Å². The molecule has 3 aromatic rings. The predicted molar refractivity (Wildman–Crippen MR) is 97.9 cm³/mol. The Morgan fingerprint density at radius 1 is 1.30 bits per heavy atom. The quantitative estimate of drug-likeness (QED) is 0.638. The number of anilines is 1. The molecule has 1 aliphatic heterocycles. The maximum atomic E-state index is 12.5. The van der Waals surface area contributed by atoms with Crippen molar-refractivity contribution in [3.8, 4) is 0 Å². The minimum absolute atomic E-state index is 0.136. The number of thiazole rings is 1. The number of fused-ring (bicyclic) bond motifs is 2. The lowest BCUT2D eigenvalue weighted by atomic mass is 10.2. The van der Waals surface area contributed by atoms with Gasteiger partial charge in [-0.15, -0.1) is 11.3 Å². The van der Waals surface area contributed by atoms with E-state index >= 15 is 0 Å². The Balaban J connectivity index is 1.47. The van der Waals surface area contributed by atoms with Gasteiger partial charge in [0, 0.05) is 17.3 Å². The highest BCUT2D eigenvalue weighted by atomic mass is 35.5. The van der Waals surface area contributed by atoms with Gasteiger partial charge in [0.25, 0.3) is 0 Å². The Bertz CT molecular complexity index is 893. The number of hydrogen-bond donors (Lipinski definition) is 0. The minimum atomic E-state index is 0.136. The van der Waals surface area contributed by atoms with Crippen LogP contribution in [-0.4, -0.2) is 23.2 Å². The fourth-order valence-electron chi connectivity index (χ4n) is 2.74. The van der Waals surface area contributed by atoms with Crippen molar-refractivity contribution in [2.24, 2.45) is 0 Å². The topological polar surface area (TPSA) is 33.2 Å². The average Bonchev–Trinajstić information content (AvgIpc) is 3.15. The molecule has 2 heterocycles. The van der Waals surface area contributed by atoms with Crippen LogP contribution in [0, 0.1) is 0 Å². The Morgan fingerprint density at radius 3 is 3.09 bits per heavy atom. The van der Waals surface area contributed by atoms with Crippen molar-refractivity contribution < 1.29 is 4.79 Å². The molecule has 4 rings (SSSR count). The smallest absolute Gasteiger partial charge is 0.237 e. The van der Waals surface area contributed by atoms with E-state index in [0.717, 1.165) is 33.2 Å². The summed E-state index contributed by atoms with van der Waals surface area (Å²) in [5.74, 6) is 0.541. The van der Waals surface area contributed by atoms with E-state index in [-0.39, 0.29) is 5.91 Å². The summed E-state index contributed by atoms with van der Waals surface area (Å²) in [5, 5.41) is 0.684. The minimum Gasteiger partial charge on any atom is -0.311 e. The zero-order valence-corrected chi connectivity index (χ0v) is 14.5. The molecule has 2 aromatic carbocycles. The van der Waals surface area contributed by atoms with Crippen LogP contribution in [0.4, 0.5) is 5.69 Å². The van der Waals surface area contributed by atoms with Gasteiger partial charge in [0.2, 0.25) is 5.91 Å². The van der Waals surface area contributed by atoms with Crippen molar-refractivity contribution >= 4 is 56.5 Å². The molecule has 116 valence electrons. The van der Waals surface area contributed by atoms with Crippen molar-refractivity contribution in [2.75, 3.05) is 17.2 Å². The molecule has 0 saturated heterocycles. The molecule has 1 amide bonds. The zero-order chi connectivity index (χ0) is 15.8. The normalized spacial score (nSPS) is 13.5. The molecule has 6 heteroatoms. The highest BCUT2D eigenvalue weighted by molar-refractivity contribution is 8.01. The third-order valence-corrected chi connectivity index (χ3v) is 6.24. The molecular weight excluding hydrogens is 348 g/mol. The molecule has 0 spiro atoms. The number of para-hydroxylation sites is 1. The maximum Gasteiger partial charge on any atom is 0.237 e. The van der Waals surface area contributed by atoms with Crippen LogP contribution in [-0.2, 0) is 11.2 Å². The van der Waals surface area contributed by atoms with Crippen LogP contribution >= 0.6 is 34.7 Å². The van der Waals surface area contributed by atoms with Crippen LogP contribution in [0.15, 0.2) is 46.8 Å². The molecule has 1 aromatic heterocycles. The third kappa shape index (κ3) is 2.96. The Kier molecular flexibility index (Phi) is 4.01. The summed E-state index contributed by atoms with van der Waals surface area (Å²) in [5.41, 5.74) is 3.19. The van der Waals surface area contributed by atoms with Crippen LogP contribution in [0.1, 0.15) is 5.56 Å². The molecule has 1 aliphatic rings. The van der Waals surface area contributed by atoms with Crippen molar-refractivity contribution in [3.63, 3.8) is 0 Å². The second-order valence-electron chi connectivity index (χ2n) is 5.30. The highest BCUT2D eigenvalue weighted by Gasteiger charge is 2.24. The Morgan fingerprint density at radius 2 is 2.17 bits per heavy atom. The number of rotatable bonds is 3. The number of thioether (sulfide) groups is 1. The van der Waals surface area contributed by atoms with Gasteiger partial charge < -0.3 is 4.90 Å². The second kappa shape index (κ2) is 6.15. The molecule has 0 saturated carbocycles. The van der Waals surface area contributed by atoms with Crippen molar-refractivity contribution in [2.45, 2.75) is 10.8 Å². The number of halogens is 1. The lowest BCUT2D eigenvalue weighted by Gasteiger charge is -2.16. The summed E-state index contributed by atoms with van der Waals surface area (Å²) < 4.78 is 2.00. The first-order chi connectivity index (χ1) is 11.2. The number of carbonyl (C=O) groups excluding carboxylic acids is 1. The fraction of sp³-hybridized carbons (Fsp3) is 0.176. The number of amides is 1. The first-order valence-corrected chi connectivity index (χ1v) is 9.46. The molecule has 0 atom stereocenters. The summed E-state index contributed by atoms with van der Waals surface area (Å²) in [6.45, 7) is 0.772.